The second-order valence-corrected chi connectivity index (χ2v) is 7.11. The van der Waals surface area contributed by atoms with Crippen LogP contribution in [0.15, 0.2) is 59.5 Å². The summed E-state index contributed by atoms with van der Waals surface area (Å²) in [4.78, 5) is 13.5. The molecule has 122 valence electrons. The molecule has 0 spiro atoms. The maximum Gasteiger partial charge on any atom is 0.234 e. The molecule has 0 saturated heterocycles. The van der Waals surface area contributed by atoms with Gasteiger partial charge in [0.25, 0.3) is 0 Å². The lowest BCUT2D eigenvalue weighted by molar-refractivity contribution is -0.113. The van der Waals surface area contributed by atoms with Crippen LogP contribution in [0, 0.1) is 20.8 Å². The van der Waals surface area contributed by atoms with Gasteiger partial charge < -0.3 is 5.32 Å². The summed E-state index contributed by atoms with van der Waals surface area (Å²) < 4.78 is 0. The minimum atomic E-state index is 0.0305. The Morgan fingerprint density at radius 3 is 2.38 bits per heavy atom. The third-order valence-corrected chi connectivity index (χ3v) is 5.12. The predicted molar refractivity (Wildman–Crippen MR) is 104 cm³/mol. The summed E-state index contributed by atoms with van der Waals surface area (Å²) >= 11 is 1.58. The van der Waals surface area contributed by atoms with Crippen LogP contribution in [0.1, 0.15) is 16.7 Å². The lowest BCUT2D eigenvalue weighted by atomic mass is 10.1. The molecule has 0 fully saturated rings. The van der Waals surface area contributed by atoms with Gasteiger partial charge >= 0.3 is 0 Å². The first-order chi connectivity index (χ1) is 11.5. The molecule has 0 atom stereocenters. The van der Waals surface area contributed by atoms with Crippen LogP contribution in [-0.4, -0.2) is 11.7 Å². The molecule has 3 heteroatoms. The lowest BCUT2D eigenvalue weighted by Gasteiger charge is -2.13. The maximum absolute atomic E-state index is 12.4. The molecule has 3 rings (SSSR count). The van der Waals surface area contributed by atoms with E-state index in [0.717, 1.165) is 21.7 Å². The van der Waals surface area contributed by atoms with Crippen molar-refractivity contribution in [2.45, 2.75) is 25.7 Å². The predicted octanol–water partition coefficient (Wildman–Crippen LogP) is 5.50. The Balaban J connectivity index is 1.72. The van der Waals surface area contributed by atoms with Crippen molar-refractivity contribution in [1.29, 1.82) is 0 Å². The largest absolute Gasteiger partial charge is 0.325 e. The number of carbonyl (C=O) groups is 1. The van der Waals surface area contributed by atoms with E-state index in [2.05, 4.69) is 48.6 Å². The van der Waals surface area contributed by atoms with E-state index in [-0.39, 0.29) is 5.91 Å². The van der Waals surface area contributed by atoms with Crippen molar-refractivity contribution in [2.24, 2.45) is 0 Å². The molecule has 0 unspecified atom stereocenters. The van der Waals surface area contributed by atoms with Gasteiger partial charge in [0.2, 0.25) is 5.91 Å². The van der Waals surface area contributed by atoms with E-state index >= 15 is 0 Å². The van der Waals surface area contributed by atoms with E-state index in [1.807, 2.05) is 32.0 Å². The van der Waals surface area contributed by atoms with Crippen molar-refractivity contribution in [3.05, 3.63) is 71.3 Å². The van der Waals surface area contributed by atoms with Gasteiger partial charge in [0.1, 0.15) is 0 Å². The fourth-order valence-electron chi connectivity index (χ4n) is 3.02. The minimum Gasteiger partial charge on any atom is -0.325 e. The lowest BCUT2D eigenvalue weighted by Crippen LogP contribution is -2.15. The Kier molecular flexibility index (Phi) is 4.91. The van der Waals surface area contributed by atoms with Crippen LogP contribution in [0.4, 0.5) is 5.69 Å². The number of thioether (sulfide) groups is 1. The minimum absolute atomic E-state index is 0.0305. The highest BCUT2D eigenvalue weighted by Crippen LogP contribution is 2.28. The van der Waals surface area contributed by atoms with E-state index in [1.165, 1.54) is 16.3 Å². The molecule has 0 bridgehead atoms. The first-order valence-corrected chi connectivity index (χ1v) is 9.01. The van der Waals surface area contributed by atoms with Gasteiger partial charge in [-0.15, -0.1) is 11.8 Å². The molecule has 0 radical (unpaired) electrons. The first kappa shape index (κ1) is 16.6. The number of anilines is 1. The van der Waals surface area contributed by atoms with Gasteiger partial charge in [0.05, 0.1) is 5.75 Å². The number of carbonyl (C=O) groups excluding carboxylic acids is 1. The summed E-state index contributed by atoms with van der Waals surface area (Å²) in [6.45, 7) is 6.14. The van der Waals surface area contributed by atoms with E-state index in [0.29, 0.717) is 5.75 Å². The first-order valence-electron chi connectivity index (χ1n) is 8.03. The van der Waals surface area contributed by atoms with Crippen molar-refractivity contribution < 1.29 is 4.79 Å². The quantitative estimate of drug-likeness (QED) is 0.638. The Bertz CT molecular complexity index is 873. The molecular formula is C21H21NOS. The molecule has 0 aliphatic rings. The number of hydrogen-bond acceptors (Lipinski definition) is 2. The number of hydrogen-bond donors (Lipinski definition) is 1. The number of nitrogens with one attached hydrogen (secondary N) is 1. The van der Waals surface area contributed by atoms with Crippen molar-refractivity contribution in [2.75, 3.05) is 11.1 Å². The molecule has 24 heavy (non-hydrogen) atoms. The normalized spacial score (nSPS) is 10.8. The van der Waals surface area contributed by atoms with E-state index < -0.39 is 0 Å². The zero-order chi connectivity index (χ0) is 17.1. The SMILES string of the molecule is Cc1cc(C)c(NC(=O)CSc2cccc3ccccc23)c(C)c1. The fourth-order valence-corrected chi connectivity index (χ4v) is 3.89. The zero-order valence-corrected chi connectivity index (χ0v) is 15.0. The van der Waals surface area contributed by atoms with Crippen molar-refractivity contribution in [1.82, 2.24) is 0 Å². The number of rotatable bonds is 4. The third kappa shape index (κ3) is 3.62. The van der Waals surface area contributed by atoms with Crippen molar-refractivity contribution in [3.63, 3.8) is 0 Å². The third-order valence-electron chi connectivity index (χ3n) is 4.05. The van der Waals surface area contributed by atoms with E-state index in [4.69, 9.17) is 0 Å². The molecule has 0 saturated carbocycles. The summed E-state index contributed by atoms with van der Waals surface area (Å²) in [6.07, 6.45) is 0. The summed E-state index contributed by atoms with van der Waals surface area (Å²) in [5.74, 6) is 0.434. The summed E-state index contributed by atoms with van der Waals surface area (Å²) in [5, 5.41) is 5.46. The number of fused-ring (bicyclic) bond motifs is 1. The zero-order valence-electron chi connectivity index (χ0n) is 14.2. The Morgan fingerprint density at radius 2 is 1.62 bits per heavy atom. The average Bonchev–Trinajstić information content (AvgIpc) is 2.56. The fraction of sp³-hybridized carbons (Fsp3) is 0.190. The standard InChI is InChI=1S/C21H21NOS/c1-14-11-15(2)21(16(3)12-14)22-20(23)13-24-19-10-6-8-17-7-4-5-9-18(17)19/h4-12H,13H2,1-3H3,(H,22,23). The molecule has 0 aromatic heterocycles. The van der Waals surface area contributed by atoms with Gasteiger partial charge in [-0.25, -0.2) is 0 Å². The molecule has 1 amide bonds. The van der Waals surface area contributed by atoms with Crippen LogP contribution in [0.5, 0.6) is 0 Å². The van der Waals surface area contributed by atoms with Crippen molar-refractivity contribution in [3.8, 4) is 0 Å². The number of aryl methyl sites for hydroxylation is 3. The van der Waals surface area contributed by atoms with Crippen LogP contribution in [0.25, 0.3) is 10.8 Å². The van der Waals surface area contributed by atoms with Crippen LogP contribution >= 0.6 is 11.8 Å². The molecular weight excluding hydrogens is 314 g/mol. The van der Waals surface area contributed by atoms with Crippen LogP contribution < -0.4 is 5.32 Å². The Morgan fingerprint density at radius 1 is 0.958 bits per heavy atom. The summed E-state index contributed by atoms with van der Waals surface area (Å²) in [7, 11) is 0. The van der Waals surface area contributed by atoms with E-state index in [1.54, 1.807) is 11.8 Å². The molecule has 0 aliphatic heterocycles. The van der Waals surface area contributed by atoms with Gasteiger partial charge in [-0.05, 0) is 48.7 Å². The Labute approximate surface area is 147 Å². The molecule has 2 nitrogen and oxygen atoms in total. The Hall–Kier alpha value is -2.26. The van der Waals surface area contributed by atoms with Gasteiger partial charge in [-0.1, -0.05) is 54.1 Å². The average molecular weight is 335 g/mol. The molecule has 0 aliphatic carbocycles. The van der Waals surface area contributed by atoms with Gasteiger partial charge in [0.15, 0.2) is 0 Å². The summed E-state index contributed by atoms with van der Waals surface area (Å²) in [6, 6.07) is 18.7. The smallest absolute Gasteiger partial charge is 0.234 e. The molecule has 1 N–H and O–H groups in total. The van der Waals surface area contributed by atoms with Gasteiger partial charge in [-0.3, -0.25) is 4.79 Å². The molecule has 0 heterocycles. The highest BCUT2D eigenvalue weighted by atomic mass is 32.2. The van der Waals surface area contributed by atoms with Crippen LogP contribution in [0.2, 0.25) is 0 Å². The van der Waals surface area contributed by atoms with Gasteiger partial charge in [0, 0.05) is 10.6 Å². The van der Waals surface area contributed by atoms with Crippen molar-refractivity contribution >= 4 is 34.1 Å². The summed E-state index contributed by atoms with van der Waals surface area (Å²) in [5.41, 5.74) is 4.37. The van der Waals surface area contributed by atoms with Crippen LogP contribution in [-0.2, 0) is 4.79 Å². The van der Waals surface area contributed by atoms with Gasteiger partial charge in [-0.2, -0.15) is 0 Å². The highest BCUT2D eigenvalue weighted by molar-refractivity contribution is 8.00. The van der Waals surface area contributed by atoms with E-state index in [9.17, 15) is 4.79 Å². The second kappa shape index (κ2) is 7.10. The second-order valence-electron chi connectivity index (χ2n) is 6.09. The highest BCUT2D eigenvalue weighted by Gasteiger charge is 2.10. The molecule has 3 aromatic rings. The molecule has 3 aromatic carbocycles. The maximum atomic E-state index is 12.4. The topological polar surface area (TPSA) is 29.1 Å². The number of benzene rings is 3. The monoisotopic (exact) mass is 335 g/mol. The van der Waals surface area contributed by atoms with Crippen LogP contribution in [0.3, 0.4) is 0 Å². The number of amides is 1.